The first-order valence-corrected chi connectivity index (χ1v) is 7.00. The van der Waals surface area contributed by atoms with Crippen LogP contribution in [0.2, 0.25) is 0 Å². The quantitative estimate of drug-likeness (QED) is 0.810. The van der Waals surface area contributed by atoms with Crippen molar-refractivity contribution in [1.82, 2.24) is 9.55 Å². The number of aliphatic hydroxyl groups excluding tert-OH is 1. The smallest absolute Gasteiger partial charge is 0.138 e. The second-order valence-electron chi connectivity index (χ2n) is 5.26. The number of fused-ring (bicyclic) bond motifs is 1. The van der Waals surface area contributed by atoms with E-state index in [4.69, 9.17) is 5.73 Å². The van der Waals surface area contributed by atoms with Crippen molar-refractivity contribution >= 4 is 16.7 Å². The maximum absolute atomic E-state index is 9.93. The largest absolute Gasteiger partial charge is 0.399 e. The van der Waals surface area contributed by atoms with Crippen LogP contribution in [-0.2, 0) is 0 Å². The fourth-order valence-corrected chi connectivity index (χ4v) is 2.52. The third-order valence-corrected chi connectivity index (χ3v) is 3.53. The summed E-state index contributed by atoms with van der Waals surface area (Å²) in [4.78, 5) is 4.54. The molecule has 2 aromatic rings. The van der Waals surface area contributed by atoms with Gasteiger partial charge in [0.2, 0.25) is 0 Å². The topological polar surface area (TPSA) is 64.1 Å². The highest BCUT2D eigenvalue weighted by atomic mass is 16.3. The Hall–Kier alpha value is -1.55. The van der Waals surface area contributed by atoms with E-state index in [2.05, 4.69) is 23.4 Å². The lowest BCUT2D eigenvalue weighted by molar-refractivity contribution is 0.181. The molecule has 0 saturated heterocycles. The summed E-state index contributed by atoms with van der Waals surface area (Å²) >= 11 is 0. The Labute approximate surface area is 114 Å². The normalized spacial score (nSPS) is 14.7. The Bertz CT molecular complexity index is 560. The molecule has 0 aliphatic heterocycles. The van der Waals surface area contributed by atoms with Gasteiger partial charge in [-0.15, -0.1) is 0 Å². The molecule has 0 aliphatic carbocycles. The molecule has 0 fully saturated rings. The average molecular weight is 261 g/mol. The number of hydrogen-bond acceptors (Lipinski definition) is 3. The van der Waals surface area contributed by atoms with Crippen molar-refractivity contribution in [2.24, 2.45) is 0 Å². The van der Waals surface area contributed by atoms with Crippen LogP contribution in [0.5, 0.6) is 0 Å². The van der Waals surface area contributed by atoms with Gasteiger partial charge >= 0.3 is 0 Å². The summed E-state index contributed by atoms with van der Waals surface area (Å²) in [7, 11) is 0. The van der Waals surface area contributed by atoms with Crippen molar-refractivity contribution in [3.8, 4) is 0 Å². The molecule has 2 rings (SSSR count). The molecule has 2 atom stereocenters. The van der Waals surface area contributed by atoms with Crippen LogP contribution in [0, 0.1) is 0 Å². The van der Waals surface area contributed by atoms with Gasteiger partial charge in [0.05, 0.1) is 11.0 Å². The highest BCUT2D eigenvalue weighted by Crippen LogP contribution is 2.28. The summed E-state index contributed by atoms with van der Waals surface area (Å²) in [6, 6.07) is 6.08. The van der Waals surface area contributed by atoms with Gasteiger partial charge in [-0.2, -0.15) is 0 Å². The summed E-state index contributed by atoms with van der Waals surface area (Å²) in [5, 5.41) is 9.93. The van der Waals surface area contributed by atoms with E-state index in [0.29, 0.717) is 11.7 Å². The highest BCUT2D eigenvalue weighted by Gasteiger charge is 2.18. The zero-order valence-corrected chi connectivity index (χ0v) is 11.9. The molecule has 1 heterocycles. The minimum absolute atomic E-state index is 0.332. The number of aromatic nitrogens is 2. The number of unbranched alkanes of at least 4 members (excludes halogenated alkanes) is 1. The SMILES string of the molecule is CCCCC(C)n1c(C(C)O)nc2cc(N)ccc21. The second kappa shape index (κ2) is 5.61. The summed E-state index contributed by atoms with van der Waals surface area (Å²) < 4.78 is 2.15. The highest BCUT2D eigenvalue weighted by molar-refractivity contribution is 5.79. The number of nitrogens with zero attached hydrogens (tertiary/aromatic N) is 2. The molecule has 0 spiro atoms. The number of nitrogens with two attached hydrogens (primary N) is 1. The molecule has 4 heteroatoms. The Morgan fingerprint density at radius 2 is 2.11 bits per heavy atom. The first-order chi connectivity index (χ1) is 9.04. The first-order valence-electron chi connectivity index (χ1n) is 7.00. The Morgan fingerprint density at radius 1 is 1.37 bits per heavy atom. The predicted molar refractivity (Wildman–Crippen MR) is 79.0 cm³/mol. The van der Waals surface area contributed by atoms with Gasteiger partial charge in [-0.3, -0.25) is 0 Å². The van der Waals surface area contributed by atoms with Crippen LogP contribution in [-0.4, -0.2) is 14.7 Å². The Balaban J connectivity index is 2.51. The van der Waals surface area contributed by atoms with Gasteiger partial charge in [0.1, 0.15) is 11.9 Å². The standard InChI is InChI=1S/C15H23N3O/c1-4-5-6-10(2)18-14-8-7-12(16)9-13(14)17-15(18)11(3)19/h7-11,19H,4-6,16H2,1-3H3. The van der Waals surface area contributed by atoms with Crippen molar-refractivity contribution in [1.29, 1.82) is 0 Å². The van der Waals surface area contributed by atoms with Gasteiger partial charge in [0.15, 0.2) is 0 Å². The molecule has 3 N–H and O–H groups in total. The van der Waals surface area contributed by atoms with Crippen LogP contribution >= 0.6 is 0 Å². The Morgan fingerprint density at radius 3 is 2.74 bits per heavy atom. The van der Waals surface area contributed by atoms with Crippen LogP contribution in [0.25, 0.3) is 11.0 Å². The summed E-state index contributed by atoms with van der Waals surface area (Å²) in [6.07, 6.45) is 2.87. The molecule has 104 valence electrons. The maximum atomic E-state index is 9.93. The molecule has 0 radical (unpaired) electrons. The average Bonchev–Trinajstić information content (AvgIpc) is 2.74. The van der Waals surface area contributed by atoms with Crippen LogP contribution in [0.3, 0.4) is 0 Å². The van der Waals surface area contributed by atoms with Gasteiger partial charge in [-0.25, -0.2) is 4.98 Å². The maximum Gasteiger partial charge on any atom is 0.138 e. The number of aliphatic hydroxyl groups is 1. The number of anilines is 1. The van der Waals surface area contributed by atoms with Crippen molar-refractivity contribution in [2.45, 2.75) is 52.2 Å². The van der Waals surface area contributed by atoms with E-state index in [1.165, 1.54) is 12.8 Å². The van der Waals surface area contributed by atoms with Gasteiger partial charge in [0, 0.05) is 11.7 Å². The third kappa shape index (κ3) is 2.73. The number of nitrogen functional groups attached to an aromatic ring is 1. The molecule has 0 bridgehead atoms. The molecule has 4 nitrogen and oxygen atoms in total. The Kier molecular flexibility index (Phi) is 4.10. The summed E-state index contributed by atoms with van der Waals surface area (Å²) in [5.41, 5.74) is 8.42. The molecule has 1 aromatic carbocycles. The third-order valence-electron chi connectivity index (χ3n) is 3.53. The molecule has 1 aromatic heterocycles. The van der Waals surface area contributed by atoms with Crippen LogP contribution in [0.4, 0.5) is 5.69 Å². The summed E-state index contributed by atoms with van der Waals surface area (Å²) in [5.74, 6) is 0.726. The van der Waals surface area contributed by atoms with Gasteiger partial charge < -0.3 is 15.4 Å². The van der Waals surface area contributed by atoms with E-state index in [9.17, 15) is 5.11 Å². The molecular formula is C15H23N3O. The van der Waals surface area contributed by atoms with Crippen molar-refractivity contribution in [2.75, 3.05) is 5.73 Å². The lowest BCUT2D eigenvalue weighted by Gasteiger charge is -2.18. The number of benzene rings is 1. The number of rotatable bonds is 5. The van der Waals surface area contributed by atoms with E-state index < -0.39 is 6.10 Å². The van der Waals surface area contributed by atoms with Crippen molar-refractivity contribution < 1.29 is 5.11 Å². The molecule has 0 aliphatic rings. The van der Waals surface area contributed by atoms with Crippen LogP contribution in [0.15, 0.2) is 18.2 Å². The fourth-order valence-electron chi connectivity index (χ4n) is 2.52. The van der Waals surface area contributed by atoms with Gasteiger partial charge in [-0.1, -0.05) is 19.8 Å². The van der Waals surface area contributed by atoms with Gasteiger partial charge in [0.25, 0.3) is 0 Å². The predicted octanol–water partition coefficient (Wildman–Crippen LogP) is 3.42. The molecule has 0 saturated carbocycles. The minimum atomic E-state index is -0.572. The van der Waals surface area contributed by atoms with Crippen LogP contribution in [0.1, 0.15) is 58.0 Å². The zero-order valence-electron chi connectivity index (χ0n) is 11.9. The summed E-state index contributed by atoms with van der Waals surface area (Å²) in [6.45, 7) is 6.13. The fraction of sp³-hybridized carbons (Fsp3) is 0.533. The monoisotopic (exact) mass is 261 g/mol. The number of imidazole rings is 1. The molecular weight excluding hydrogens is 238 g/mol. The van der Waals surface area contributed by atoms with Gasteiger partial charge in [-0.05, 0) is 38.5 Å². The lowest BCUT2D eigenvalue weighted by Crippen LogP contribution is -2.11. The lowest BCUT2D eigenvalue weighted by atomic mass is 10.1. The van der Waals surface area contributed by atoms with E-state index in [1.807, 2.05) is 18.2 Å². The van der Waals surface area contributed by atoms with E-state index in [0.717, 1.165) is 23.3 Å². The van der Waals surface area contributed by atoms with Crippen LogP contribution < -0.4 is 5.73 Å². The van der Waals surface area contributed by atoms with Crippen molar-refractivity contribution in [3.05, 3.63) is 24.0 Å². The molecule has 0 amide bonds. The minimum Gasteiger partial charge on any atom is -0.399 e. The second-order valence-corrected chi connectivity index (χ2v) is 5.26. The molecule has 2 unspecified atom stereocenters. The molecule has 19 heavy (non-hydrogen) atoms. The number of hydrogen-bond donors (Lipinski definition) is 2. The zero-order chi connectivity index (χ0) is 14.0. The van der Waals surface area contributed by atoms with E-state index >= 15 is 0 Å². The van der Waals surface area contributed by atoms with E-state index in [-0.39, 0.29) is 0 Å². The first kappa shape index (κ1) is 13.9. The van der Waals surface area contributed by atoms with E-state index in [1.54, 1.807) is 6.92 Å². The van der Waals surface area contributed by atoms with Crippen molar-refractivity contribution in [3.63, 3.8) is 0 Å².